The molecule has 0 heterocycles. The molecular weight excluding hydrogens is 224 g/mol. The van der Waals surface area contributed by atoms with Crippen LogP contribution in [0.1, 0.15) is 5.56 Å². The smallest absolute Gasteiger partial charge is 1.00 e. The SMILES string of the molecule is Cc1cc[c-]cc1Cl.[Br-].[Mg+2]. The Kier molecular flexibility index (Phi) is 8.63. The molecule has 0 amide bonds. The summed E-state index contributed by atoms with van der Waals surface area (Å²) in [6.45, 7) is 1.97. The van der Waals surface area contributed by atoms with Crippen LogP contribution in [0, 0.1) is 13.0 Å². The van der Waals surface area contributed by atoms with Crippen LogP contribution < -0.4 is 17.0 Å². The van der Waals surface area contributed by atoms with Crippen molar-refractivity contribution in [1.82, 2.24) is 0 Å². The molecule has 1 rings (SSSR count). The van der Waals surface area contributed by atoms with Crippen LogP contribution >= 0.6 is 11.6 Å². The van der Waals surface area contributed by atoms with Crippen LogP contribution in [0.3, 0.4) is 0 Å². The summed E-state index contributed by atoms with van der Waals surface area (Å²) in [5.74, 6) is 0. The monoisotopic (exact) mass is 228 g/mol. The molecule has 0 aliphatic carbocycles. The minimum Gasteiger partial charge on any atom is -1.00 e. The van der Waals surface area contributed by atoms with Gasteiger partial charge in [0.2, 0.25) is 0 Å². The zero-order valence-electron chi connectivity index (χ0n) is 5.70. The van der Waals surface area contributed by atoms with Gasteiger partial charge in [0.05, 0.1) is 0 Å². The third kappa shape index (κ3) is 3.81. The first-order valence-corrected chi connectivity index (χ1v) is 2.80. The molecule has 10 heavy (non-hydrogen) atoms. The first-order valence-electron chi connectivity index (χ1n) is 2.43. The summed E-state index contributed by atoms with van der Waals surface area (Å²) in [7, 11) is 0. The van der Waals surface area contributed by atoms with E-state index in [9.17, 15) is 0 Å². The van der Waals surface area contributed by atoms with E-state index in [0.717, 1.165) is 10.6 Å². The molecule has 0 atom stereocenters. The Balaban J connectivity index is 0. The van der Waals surface area contributed by atoms with Gasteiger partial charge >= 0.3 is 23.1 Å². The molecule has 0 aliphatic rings. The zero-order chi connectivity index (χ0) is 5.98. The molecule has 0 nitrogen and oxygen atoms in total. The van der Waals surface area contributed by atoms with Crippen LogP contribution in [0.15, 0.2) is 18.2 Å². The molecule has 50 valence electrons. The molecule has 0 saturated heterocycles. The number of rotatable bonds is 0. The quantitative estimate of drug-likeness (QED) is 0.399. The van der Waals surface area contributed by atoms with Gasteiger partial charge < -0.3 is 17.0 Å². The Morgan fingerprint density at radius 2 is 2.10 bits per heavy atom. The summed E-state index contributed by atoms with van der Waals surface area (Å²) in [5.41, 5.74) is 1.10. The Morgan fingerprint density at radius 1 is 1.50 bits per heavy atom. The number of hydrogen-bond donors (Lipinski definition) is 0. The summed E-state index contributed by atoms with van der Waals surface area (Å²) >= 11 is 5.68. The molecule has 3 heteroatoms. The molecular formula is C7H6BrClMg. The first kappa shape index (κ1) is 13.4. The zero-order valence-corrected chi connectivity index (χ0v) is 9.45. The molecule has 1 aromatic carbocycles. The molecule has 0 aromatic heterocycles. The summed E-state index contributed by atoms with van der Waals surface area (Å²) < 4.78 is 0. The summed E-state index contributed by atoms with van der Waals surface area (Å²) in [6.07, 6.45) is 0. The van der Waals surface area contributed by atoms with Gasteiger partial charge in [-0.05, 0) is 0 Å². The van der Waals surface area contributed by atoms with Crippen molar-refractivity contribution in [3.05, 3.63) is 34.9 Å². The van der Waals surface area contributed by atoms with E-state index in [0.29, 0.717) is 0 Å². The van der Waals surface area contributed by atoms with E-state index in [-0.39, 0.29) is 40.0 Å². The van der Waals surface area contributed by atoms with Crippen LogP contribution in [-0.2, 0) is 0 Å². The standard InChI is InChI=1S/C7H6Cl.BrH.Mg/c1-6-4-2-3-5-7(6)8;;/h2,4-5H,1H3;1H;/q-1;;+2/p-1. The Bertz CT molecular complexity index is 170. The number of benzene rings is 1. The van der Waals surface area contributed by atoms with E-state index < -0.39 is 0 Å². The van der Waals surface area contributed by atoms with Gasteiger partial charge in [0, 0.05) is 0 Å². The van der Waals surface area contributed by atoms with Gasteiger partial charge in [-0.3, -0.25) is 0 Å². The van der Waals surface area contributed by atoms with Crippen LogP contribution in [0.5, 0.6) is 0 Å². The fraction of sp³-hybridized carbons (Fsp3) is 0.143. The second-order valence-corrected chi connectivity index (χ2v) is 2.08. The van der Waals surface area contributed by atoms with Crippen molar-refractivity contribution in [2.75, 3.05) is 0 Å². The van der Waals surface area contributed by atoms with Crippen LogP contribution in [0.25, 0.3) is 0 Å². The molecule has 0 saturated carbocycles. The summed E-state index contributed by atoms with van der Waals surface area (Å²) in [6, 6.07) is 8.41. The van der Waals surface area contributed by atoms with Crippen molar-refractivity contribution in [2.45, 2.75) is 6.92 Å². The van der Waals surface area contributed by atoms with E-state index in [1.807, 2.05) is 19.1 Å². The molecule has 0 fully saturated rings. The van der Waals surface area contributed by atoms with Crippen molar-refractivity contribution in [3.8, 4) is 0 Å². The average Bonchev–Trinajstić information content (AvgIpc) is 1.77. The molecule has 0 radical (unpaired) electrons. The van der Waals surface area contributed by atoms with Crippen molar-refractivity contribution in [3.63, 3.8) is 0 Å². The second kappa shape index (κ2) is 6.47. The Labute approximate surface area is 92.9 Å². The van der Waals surface area contributed by atoms with Crippen molar-refractivity contribution in [1.29, 1.82) is 0 Å². The largest absolute Gasteiger partial charge is 2.00 e. The number of aryl methyl sites for hydroxylation is 1. The fourth-order valence-corrected chi connectivity index (χ4v) is 0.614. The fourth-order valence-electron chi connectivity index (χ4n) is 0.488. The van der Waals surface area contributed by atoms with E-state index in [2.05, 4.69) is 6.07 Å². The third-order valence-corrected chi connectivity index (χ3v) is 1.42. The molecule has 0 unspecified atom stereocenters. The van der Waals surface area contributed by atoms with Gasteiger partial charge in [-0.2, -0.15) is 35.9 Å². The average molecular weight is 230 g/mol. The molecule has 0 bridgehead atoms. The van der Waals surface area contributed by atoms with Crippen LogP contribution in [0.2, 0.25) is 5.02 Å². The van der Waals surface area contributed by atoms with Crippen molar-refractivity contribution < 1.29 is 17.0 Å². The summed E-state index contributed by atoms with van der Waals surface area (Å²) in [4.78, 5) is 0. The van der Waals surface area contributed by atoms with Gasteiger partial charge in [-0.25, -0.2) is 0 Å². The predicted octanol–water partition coefficient (Wildman–Crippen LogP) is -0.928. The van der Waals surface area contributed by atoms with Gasteiger partial charge in [0.1, 0.15) is 0 Å². The first-order chi connectivity index (χ1) is 3.80. The number of halogens is 2. The maximum absolute atomic E-state index is 5.68. The minimum absolute atomic E-state index is 0. The van der Waals surface area contributed by atoms with E-state index in [1.165, 1.54) is 0 Å². The molecule has 0 spiro atoms. The Morgan fingerprint density at radius 3 is 2.40 bits per heavy atom. The van der Waals surface area contributed by atoms with Crippen molar-refractivity contribution in [2.24, 2.45) is 0 Å². The normalized spacial score (nSPS) is 7.40. The number of hydrogen-bond acceptors (Lipinski definition) is 0. The third-order valence-electron chi connectivity index (χ3n) is 1.02. The maximum Gasteiger partial charge on any atom is 2.00 e. The van der Waals surface area contributed by atoms with Gasteiger partial charge in [0.25, 0.3) is 0 Å². The molecule has 0 aliphatic heterocycles. The van der Waals surface area contributed by atoms with E-state index in [4.69, 9.17) is 11.6 Å². The van der Waals surface area contributed by atoms with Crippen LogP contribution in [0.4, 0.5) is 0 Å². The molecule has 0 N–H and O–H groups in total. The van der Waals surface area contributed by atoms with Crippen molar-refractivity contribution >= 4 is 34.7 Å². The van der Waals surface area contributed by atoms with Gasteiger partial charge in [-0.1, -0.05) is 11.9 Å². The van der Waals surface area contributed by atoms with Gasteiger partial charge in [0.15, 0.2) is 0 Å². The van der Waals surface area contributed by atoms with Gasteiger partial charge in [-0.15, -0.1) is 5.56 Å². The molecule has 1 aromatic rings. The van der Waals surface area contributed by atoms with E-state index in [1.54, 1.807) is 6.07 Å². The Hall–Kier alpha value is 0.756. The maximum atomic E-state index is 5.68. The minimum atomic E-state index is 0. The topological polar surface area (TPSA) is 0 Å². The van der Waals surface area contributed by atoms with E-state index >= 15 is 0 Å². The predicted molar refractivity (Wildman–Crippen MR) is 40.8 cm³/mol. The van der Waals surface area contributed by atoms with Crippen LogP contribution in [-0.4, -0.2) is 23.1 Å². The summed E-state index contributed by atoms with van der Waals surface area (Å²) in [5, 5.41) is 0.785. The second-order valence-electron chi connectivity index (χ2n) is 1.68.